The Labute approximate surface area is 127 Å². The number of aliphatic carboxylic acids is 1. The Morgan fingerprint density at radius 2 is 1.86 bits per heavy atom. The topological polar surface area (TPSA) is 77.9 Å². The Balaban J connectivity index is 2.07. The number of fused-ring (bicyclic) bond motifs is 2. The van der Waals surface area contributed by atoms with Gasteiger partial charge in [0.1, 0.15) is 0 Å². The number of carbonyl (C=O) groups is 1. The molecule has 2 rings (SSSR count). The molecule has 2 atom stereocenters. The summed E-state index contributed by atoms with van der Waals surface area (Å²) in [6, 6.07) is -0.0237. The molecule has 0 amide bonds. The molecular weight excluding hydrogens is 292 g/mol. The number of carboxylic acids is 1. The summed E-state index contributed by atoms with van der Waals surface area (Å²) in [5, 5.41) is 8.93. The quantitative estimate of drug-likeness (QED) is 0.774. The first-order chi connectivity index (χ1) is 9.86. The summed E-state index contributed by atoms with van der Waals surface area (Å²) in [4.78, 5) is 10.9. The van der Waals surface area contributed by atoms with E-state index in [4.69, 9.17) is 5.11 Å². The summed E-state index contributed by atoms with van der Waals surface area (Å²) in [6.45, 7) is 2.59. The number of nitrogens with zero attached hydrogens (tertiary/aromatic N) is 2. The molecule has 0 spiro atoms. The molecule has 2 heterocycles. The van der Waals surface area contributed by atoms with Crippen LogP contribution >= 0.6 is 0 Å². The number of unbranched alkanes of at least 4 members (excludes halogenated alkanes) is 1. The minimum absolute atomic E-state index is 0.0119. The fourth-order valence-electron chi connectivity index (χ4n) is 3.69. The van der Waals surface area contributed by atoms with Crippen molar-refractivity contribution in [3.8, 4) is 0 Å². The molecule has 7 heteroatoms. The van der Waals surface area contributed by atoms with Crippen LogP contribution in [0.5, 0.6) is 0 Å². The van der Waals surface area contributed by atoms with Gasteiger partial charge in [-0.3, -0.25) is 4.79 Å². The van der Waals surface area contributed by atoms with Crippen molar-refractivity contribution in [1.29, 1.82) is 0 Å². The average molecular weight is 318 g/mol. The molecule has 0 saturated carbocycles. The van der Waals surface area contributed by atoms with Crippen LogP contribution in [0, 0.1) is 5.92 Å². The van der Waals surface area contributed by atoms with E-state index in [9.17, 15) is 13.2 Å². The molecule has 0 aromatic carbocycles. The summed E-state index contributed by atoms with van der Waals surface area (Å²) in [6.07, 6.45) is 5.08. The van der Waals surface area contributed by atoms with E-state index in [1.54, 1.807) is 11.4 Å². The van der Waals surface area contributed by atoms with Crippen molar-refractivity contribution >= 4 is 16.2 Å². The molecule has 2 unspecified atom stereocenters. The Kier molecular flexibility index (Phi) is 5.27. The van der Waals surface area contributed by atoms with Crippen LogP contribution in [0.1, 0.15) is 51.9 Å². The Morgan fingerprint density at radius 1 is 1.29 bits per heavy atom. The van der Waals surface area contributed by atoms with Crippen LogP contribution in [-0.2, 0) is 15.0 Å². The van der Waals surface area contributed by atoms with Crippen LogP contribution in [0.3, 0.4) is 0 Å². The van der Waals surface area contributed by atoms with Gasteiger partial charge in [-0.25, -0.2) is 0 Å². The van der Waals surface area contributed by atoms with E-state index < -0.39 is 16.2 Å². The molecule has 0 aliphatic carbocycles. The van der Waals surface area contributed by atoms with Gasteiger partial charge in [0, 0.05) is 32.1 Å². The van der Waals surface area contributed by atoms with E-state index in [0.29, 0.717) is 19.4 Å². The van der Waals surface area contributed by atoms with Crippen LogP contribution in [0.15, 0.2) is 0 Å². The highest BCUT2D eigenvalue weighted by Gasteiger charge is 2.48. The van der Waals surface area contributed by atoms with Crippen molar-refractivity contribution in [1.82, 2.24) is 8.61 Å². The van der Waals surface area contributed by atoms with E-state index in [0.717, 1.165) is 25.7 Å². The first kappa shape index (κ1) is 16.7. The zero-order chi connectivity index (χ0) is 15.6. The number of piperidine rings is 1. The van der Waals surface area contributed by atoms with Crippen LogP contribution in [0.25, 0.3) is 0 Å². The maximum atomic E-state index is 12.7. The molecular formula is C14H26N2O4S. The van der Waals surface area contributed by atoms with E-state index in [-0.39, 0.29) is 24.4 Å². The lowest BCUT2D eigenvalue weighted by molar-refractivity contribution is -0.138. The van der Waals surface area contributed by atoms with Crippen molar-refractivity contribution < 1.29 is 18.3 Å². The number of hydrogen-bond acceptors (Lipinski definition) is 3. The predicted molar refractivity (Wildman–Crippen MR) is 80.1 cm³/mol. The van der Waals surface area contributed by atoms with Gasteiger partial charge in [0.05, 0.1) is 0 Å². The largest absolute Gasteiger partial charge is 0.481 e. The smallest absolute Gasteiger partial charge is 0.303 e. The lowest BCUT2D eigenvalue weighted by Crippen LogP contribution is -2.51. The number of rotatable bonds is 7. The fraction of sp³-hybridized carbons (Fsp3) is 0.929. The maximum absolute atomic E-state index is 12.7. The fourth-order valence-corrected chi connectivity index (χ4v) is 5.51. The molecule has 122 valence electrons. The molecule has 0 radical (unpaired) electrons. The minimum atomic E-state index is -3.40. The molecule has 0 aromatic heterocycles. The summed E-state index contributed by atoms with van der Waals surface area (Å²) >= 11 is 0. The molecule has 0 aromatic rings. The highest BCUT2D eigenvalue weighted by atomic mass is 32.2. The summed E-state index contributed by atoms with van der Waals surface area (Å²) in [7, 11) is -1.76. The monoisotopic (exact) mass is 318 g/mol. The Morgan fingerprint density at radius 3 is 2.33 bits per heavy atom. The summed E-state index contributed by atoms with van der Waals surface area (Å²) in [5.41, 5.74) is 0. The van der Waals surface area contributed by atoms with Crippen molar-refractivity contribution in [2.45, 2.75) is 64.0 Å². The Hall–Kier alpha value is -0.660. The first-order valence-corrected chi connectivity index (χ1v) is 9.22. The molecule has 2 fully saturated rings. The Bertz CT molecular complexity index is 465. The third-order valence-electron chi connectivity index (χ3n) is 4.71. The first-order valence-electron chi connectivity index (χ1n) is 7.82. The van der Waals surface area contributed by atoms with Gasteiger partial charge in [0.2, 0.25) is 0 Å². The standard InChI is InChI=1S/C14H26N2O4S/c1-3-4-7-15(2)21(19,20)16-12-5-6-13(16)9-11(8-12)10-14(17)18/h11-13H,3-10H2,1-2H3,(H,17,18). The van der Waals surface area contributed by atoms with E-state index in [2.05, 4.69) is 0 Å². The van der Waals surface area contributed by atoms with Gasteiger partial charge in [-0.2, -0.15) is 17.0 Å². The van der Waals surface area contributed by atoms with Crippen molar-refractivity contribution in [2.24, 2.45) is 5.92 Å². The van der Waals surface area contributed by atoms with Crippen LogP contribution in [0.2, 0.25) is 0 Å². The molecule has 2 bridgehead atoms. The molecule has 6 nitrogen and oxygen atoms in total. The number of carboxylic acid groups (broad SMARTS) is 1. The second-order valence-corrected chi connectivity index (χ2v) is 8.27. The van der Waals surface area contributed by atoms with Gasteiger partial charge in [0.25, 0.3) is 10.2 Å². The highest BCUT2D eigenvalue weighted by molar-refractivity contribution is 7.86. The van der Waals surface area contributed by atoms with Crippen LogP contribution in [-0.4, -0.2) is 53.8 Å². The minimum Gasteiger partial charge on any atom is -0.481 e. The highest BCUT2D eigenvalue weighted by Crippen LogP contribution is 2.42. The molecule has 1 N–H and O–H groups in total. The zero-order valence-corrected chi connectivity index (χ0v) is 13.7. The van der Waals surface area contributed by atoms with Gasteiger partial charge >= 0.3 is 5.97 Å². The SMILES string of the molecule is CCCCN(C)S(=O)(=O)N1C2CCC1CC(CC(=O)O)C2. The van der Waals surface area contributed by atoms with Crippen molar-refractivity contribution in [3.05, 3.63) is 0 Å². The van der Waals surface area contributed by atoms with E-state index in [1.807, 2.05) is 6.92 Å². The second-order valence-electron chi connectivity index (χ2n) is 6.33. The van der Waals surface area contributed by atoms with Crippen LogP contribution < -0.4 is 0 Å². The maximum Gasteiger partial charge on any atom is 0.303 e. The zero-order valence-electron chi connectivity index (χ0n) is 12.9. The second kappa shape index (κ2) is 6.62. The van der Waals surface area contributed by atoms with E-state index in [1.165, 1.54) is 4.31 Å². The van der Waals surface area contributed by atoms with Crippen LogP contribution in [0.4, 0.5) is 0 Å². The third kappa shape index (κ3) is 3.57. The van der Waals surface area contributed by atoms with Gasteiger partial charge < -0.3 is 5.11 Å². The molecule has 2 aliphatic rings. The van der Waals surface area contributed by atoms with Gasteiger partial charge in [-0.15, -0.1) is 0 Å². The average Bonchev–Trinajstić information content (AvgIpc) is 2.68. The van der Waals surface area contributed by atoms with E-state index >= 15 is 0 Å². The van der Waals surface area contributed by atoms with Crippen molar-refractivity contribution in [2.75, 3.05) is 13.6 Å². The lowest BCUT2D eigenvalue weighted by atomic mass is 9.90. The normalized spacial score (nSPS) is 30.0. The van der Waals surface area contributed by atoms with Gasteiger partial charge in [-0.1, -0.05) is 13.3 Å². The predicted octanol–water partition coefficient (Wildman–Crippen LogP) is 1.68. The van der Waals surface area contributed by atoms with Gasteiger partial charge in [-0.05, 0) is 38.0 Å². The molecule has 2 aliphatic heterocycles. The summed E-state index contributed by atoms with van der Waals surface area (Å²) in [5.74, 6) is -0.664. The lowest BCUT2D eigenvalue weighted by Gasteiger charge is -2.39. The van der Waals surface area contributed by atoms with Gasteiger partial charge in [0.15, 0.2) is 0 Å². The molecule has 21 heavy (non-hydrogen) atoms. The third-order valence-corrected chi connectivity index (χ3v) is 6.81. The van der Waals surface area contributed by atoms with Crippen molar-refractivity contribution in [3.63, 3.8) is 0 Å². The number of hydrogen-bond donors (Lipinski definition) is 1. The molecule has 2 saturated heterocycles. The summed E-state index contributed by atoms with van der Waals surface area (Å²) < 4.78 is 28.6.